The van der Waals surface area contributed by atoms with Gasteiger partial charge in [-0.2, -0.15) is 0 Å². The number of ether oxygens (including phenoxy) is 2. The lowest BCUT2D eigenvalue weighted by Gasteiger charge is -2.16. The van der Waals surface area contributed by atoms with E-state index in [1.165, 1.54) is 18.2 Å². The van der Waals surface area contributed by atoms with Crippen LogP contribution < -0.4 is 14.8 Å². The predicted molar refractivity (Wildman–Crippen MR) is 93.1 cm³/mol. The van der Waals surface area contributed by atoms with Crippen LogP contribution in [0.5, 0.6) is 11.5 Å². The average molecular weight is 346 g/mol. The van der Waals surface area contributed by atoms with Crippen molar-refractivity contribution in [2.45, 2.75) is 13.8 Å². The SMILES string of the molecule is CCOc1ccc(NC(=O)CN(C)C(=O)c2ccco2)cc1OCC. The summed E-state index contributed by atoms with van der Waals surface area (Å²) in [5.74, 6) is 0.681. The van der Waals surface area contributed by atoms with Gasteiger partial charge in [-0.25, -0.2) is 0 Å². The highest BCUT2D eigenvalue weighted by atomic mass is 16.5. The van der Waals surface area contributed by atoms with Crippen LogP contribution in [-0.4, -0.2) is 43.5 Å². The third-order valence-corrected chi connectivity index (χ3v) is 3.29. The molecule has 25 heavy (non-hydrogen) atoms. The summed E-state index contributed by atoms with van der Waals surface area (Å²) in [6.45, 7) is 4.66. The molecule has 0 spiro atoms. The Kier molecular flexibility index (Phi) is 6.45. The first kappa shape index (κ1) is 18.4. The van der Waals surface area contributed by atoms with Crippen LogP contribution in [-0.2, 0) is 4.79 Å². The normalized spacial score (nSPS) is 10.2. The number of amides is 2. The lowest BCUT2D eigenvalue weighted by Crippen LogP contribution is -2.34. The van der Waals surface area contributed by atoms with E-state index in [0.29, 0.717) is 30.4 Å². The number of hydrogen-bond acceptors (Lipinski definition) is 5. The van der Waals surface area contributed by atoms with E-state index in [4.69, 9.17) is 13.9 Å². The molecule has 0 saturated carbocycles. The lowest BCUT2D eigenvalue weighted by molar-refractivity contribution is -0.116. The van der Waals surface area contributed by atoms with E-state index in [9.17, 15) is 9.59 Å². The second kappa shape index (κ2) is 8.77. The largest absolute Gasteiger partial charge is 0.490 e. The summed E-state index contributed by atoms with van der Waals surface area (Å²) in [4.78, 5) is 25.5. The van der Waals surface area contributed by atoms with Crippen molar-refractivity contribution in [1.82, 2.24) is 4.90 Å². The van der Waals surface area contributed by atoms with E-state index in [2.05, 4.69) is 5.32 Å². The molecule has 7 heteroatoms. The minimum Gasteiger partial charge on any atom is -0.490 e. The van der Waals surface area contributed by atoms with E-state index >= 15 is 0 Å². The standard InChI is InChI=1S/C18H22N2O5/c1-4-23-14-9-8-13(11-16(14)24-5-2)19-17(21)12-20(3)18(22)15-7-6-10-25-15/h6-11H,4-5,12H2,1-3H3,(H,19,21). The Morgan fingerprint density at radius 3 is 2.48 bits per heavy atom. The van der Waals surface area contributed by atoms with Crippen LogP contribution >= 0.6 is 0 Å². The van der Waals surface area contributed by atoms with Crippen LogP contribution in [0.3, 0.4) is 0 Å². The first-order valence-electron chi connectivity index (χ1n) is 8.03. The summed E-state index contributed by atoms with van der Waals surface area (Å²) in [6.07, 6.45) is 1.41. The highest BCUT2D eigenvalue weighted by molar-refractivity contribution is 5.98. The van der Waals surface area contributed by atoms with Gasteiger partial charge in [-0.15, -0.1) is 0 Å². The molecule has 2 aromatic rings. The second-order valence-corrected chi connectivity index (χ2v) is 5.21. The van der Waals surface area contributed by atoms with Crippen molar-refractivity contribution in [1.29, 1.82) is 0 Å². The molecule has 2 rings (SSSR count). The number of nitrogens with one attached hydrogen (secondary N) is 1. The summed E-state index contributed by atoms with van der Waals surface area (Å²) in [6, 6.07) is 8.33. The number of carbonyl (C=O) groups is 2. The Bertz CT molecular complexity index is 712. The average Bonchev–Trinajstić information content (AvgIpc) is 3.11. The Labute approximate surface area is 146 Å². The number of hydrogen-bond donors (Lipinski definition) is 1. The smallest absolute Gasteiger partial charge is 0.289 e. The molecule has 0 fully saturated rings. The molecule has 0 aliphatic carbocycles. The summed E-state index contributed by atoms with van der Waals surface area (Å²) in [7, 11) is 1.54. The van der Waals surface area contributed by atoms with Crippen LogP contribution in [0.25, 0.3) is 0 Å². The molecule has 0 saturated heterocycles. The van der Waals surface area contributed by atoms with Crippen LogP contribution in [0.4, 0.5) is 5.69 Å². The molecule has 0 bridgehead atoms. The minimum absolute atomic E-state index is 0.100. The Hall–Kier alpha value is -2.96. The van der Waals surface area contributed by atoms with Gasteiger partial charge in [0.25, 0.3) is 5.91 Å². The van der Waals surface area contributed by atoms with Crippen molar-refractivity contribution in [3.63, 3.8) is 0 Å². The predicted octanol–water partition coefficient (Wildman–Crippen LogP) is 2.79. The van der Waals surface area contributed by atoms with Crippen LogP contribution in [0, 0.1) is 0 Å². The molecular formula is C18H22N2O5. The summed E-state index contributed by atoms with van der Waals surface area (Å²) in [5, 5.41) is 2.74. The monoisotopic (exact) mass is 346 g/mol. The Morgan fingerprint density at radius 1 is 1.12 bits per heavy atom. The third-order valence-electron chi connectivity index (χ3n) is 3.29. The van der Waals surface area contributed by atoms with Crippen LogP contribution in [0.2, 0.25) is 0 Å². The van der Waals surface area contributed by atoms with Gasteiger partial charge in [-0.1, -0.05) is 0 Å². The first-order valence-corrected chi connectivity index (χ1v) is 8.03. The van der Waals surface area contributed by atoms with E-state index < -0.39 is 0 Å². The summed E-state index contributed by atoms with van der Waals surface area (Å²) in [5.41, 5.74) is 0.566. The zero-order valence-corrected chi connectivity index (χ0v) is 14.6. The van der Waals surface area contributed by atoms with Crippen LogP contribution in [0.1, 0.15) is 24.4 Å². The fourth-order valence-electron chi connectivity index (χ4n) is 2.20. The van der Waals surface area contributed by atoms with Gasteiger partial charge >= 0.3 is 0 Å². The number of benzene rings is 1. The number of rotatable bonds is 8. The highest BCUT2D eigenvalue weighted by Crippen LogP contribution is 2.30. The maximum atomic E-state index is 12.2. The molecular weight excluding hydrogens is 324 g/mol. The molecule has 0 radical (unpaired) electrons. The van der Waals surface area contributed by atoms with Crippen molar-refractivity contribution in [3.05, 3.63) is 42.4 Å². The van der Waals surface area contributed by atoms with Crippen molar-refractivity contribution in [2.75, 3.05) is 32.1 Å². The van der Waals surface area contributed by atoms with Gasteiger partial charge in [-0.3, -0.25) is 9.59 Å². The number of anilines is 1. The van der Waals surface area contributed by atoms with Crippen molar-refractivity contribution in [3.8, 4) is 11.5 Å². The maximum Gasteiger partial charge on any atom is 0.289 e. The van der Waals surface area contributed by atoms with E-state index in [1.54, 1.807) is 30.3 Å². The van der Waals surface area contributed by atoms with Gasteiger partial charge in [0.1, 0.15) is 0 Å². The molecule has 0 aliphatic rings. The molecule has 0 atom stereocenters. The van der Waals surface area contributed by atoms with Crippen molar-refractivity contribution >= 4 is 17.5 Å². The van der Waals surface area contributed by atoms with E-state index in [-0.39, 0.29) is 24.1 Å². The first-order chi connectivity index (χ1) is 12.0. The number of furan rings is 1. The van der Waals surface area contributed by atoms with Crippen molar-refractivity contribution in [2.24, 2.45) is 0 Å². The van der Waals surface area contributed by atoms with Gasteiger partial charge < -0.3 is 24.1 Å². The quantitative estimate of drug-likeness (QED) is 0.795. The minimum atomic E-state index is -0.359. The Morgan fingerprint density at radius 2 is 1.84 bits per heavy atom. The number of likely N-dealkylation sites (N-methyl/N-ethyl adjacent to an activating group) is 1. The molecule has 1 heterocycles. The fraction of sp³-hybridized carbons (Fsp3) is 0.333. The summed E-state index contributed by atoms with van der Waals surface area (Å²) < 4.78 is 16.1. The maximum absolute atomic E-state index is 12.2. The lowest BCUT2D eigenvalue weighted by atomic mass is 10.2. The highest BCUT2D eigenvalue weighted by Gasteiger charge is 2.17. The number of carbonyl (C=O) groups excluding carboxylic acids is 2. The molecule has 0 aliphatic heterocycles. The van der Waals surface area contributed by atoms with Gasteiger partial charge in [0, 0.05) is 18.8 Å². The number of nitrogens with zero attached hydrogens (tertiary/aromatic N) is 1. The second-order valence-electron chi connectivity index (χ2n) is 5.21. The topological polar surface area (TPSA) is 81.0 Å². The molecule has 1 aromatic carbocycles. The van der Waals surface area contributed by atoms with Crippen LogP contribution in [0.15, 0.2) is 41.0 Å². The molecule has 1 aromatic heterocycles. The molecule has 1 N–H and O–H groups in total. The molecule has 134 valence electrons. The molecule has 2 amide bonds. The van der Waals surface area contributed by atoms with Crippen molar-refractivity contribution < 1.29 is 23.5 Å². The van der Waals surface area contributed by atoms with Gasteiger partial charge in [0.2, 0.25) is 5.91 Å². The Balaban J connectivity index is 1.99. The van der Waals surface area contributed by atoms with Gasteiger partial charge in [-0.05, 0) is 38.1 Å². The molecule has 7 nitrogen and oxygen atoms in total. The van der Waals surface area contributed by atoms with Gasteiger partial charge in [0.05, 0.1) is 26.0 Å². The third kappa shape index (κ3) is 5.00. The van der Waals surface area contributed by atoms with Gasteiger partial charge in [0.15, 0.2) is 17.3 Å². The zero-order valence-electron chi connectivity index (χ0n) is 14.6. The molecule has 0 unspecified atom stereocenters. The summed E-state index contributed by atoms with van der Waals surface area (Å²) >= 11 is 0. The zero-order chi connectivity index (χ0) is 18.2. The van der Waals surface area contributed by atoms with E-state index in [0.717, 1.165) is 0 Å². The van der Waals surface area contributed by atoms with E-state index in [1.807, 2.05) is 13.8 Å². The fourth-order valence-corrected chi connectivity index (χ4v) is 2.20.